The summed E-state index contributed by atoms with van der Waals surface area (Å²) in [5.74, 6) is 1.37. The first-order valence-corrected chi connectivity index (χ1v) is 7.14. The summed E-state index contributed by atoms with van der Waals surface area (Å²) in [6.07, 6.45) is 0. The summed E-state index contributed by atoms with van der Waals surface area (Å²) < 4.78 is 7.24. The first-order chi connectivity index (χ1) is 9.61. The number of nitrogens with zero attached hydrogens (tertiary/aromatic N) is 3. The summed E-state index contributed by atoms with van der Waals surface area (Å²) in [7, 11) is 1.86. The van der Waals surface area contributed by atoms with Crippen LogP contribution in [0.1, 0.15) is 6.92 Å². The zero-order valence-corrected chi connectivity index (χ0v) is 12.2. The lowest BCUT2D eigenvalue weighted by atomic mass is 10.2. The SMILES string of the molecule is CCOc1ccc(-c2nnc(SCC(N)=O)n2C)cc1. The Bertz CT molecular complexity index is 595. The number of hydrogen-bond acceptors (Lipinski definition) is 5. The van der Waals surface area contributed by atoms with E-state index in [4.69, 9.17) is 10.5 Å². The second-order valence-electron chi connectivity index (χ2n) is 4.08. The van der Waals surface area contributed by atoms with Crippen molar-refractivity contribution in [1.29, 1.82) is 0 Å². The highest BCUT2D eigenvalue weighted by molar-refractivity contribution is 7.99. The predicted octanol–water partition coefficient (Wildman–Crippen LogP) is 1.46. The lowest BCUT2D eigenvalue weighted by molar-refractivity contribution is -0.115. The van der Waals surface area contributed by atoms with Crippen LogP contribution in [-0.2, 0) is 11.8 Å². The molecule has 6 nitrogen and oxygen atoms in total. The van der Waals surface area contributed by atoms with Gasteiger partial charge in [-0.2, -0.15) is 0 Å². The van der Waals surface area contributed by atoms with Crippen LogP contribution >= 0.6 is 11.8 Å². The van der Waals surface area contributed by atoms with E-state index in [1.807, 2.05) is 42.8 Å². The Hall–Kier alpha value is -2.02. The van der Waals surface area contributed by atoms with Crippen LogP contribution in [0.4, 0.5) is 0 Å². The van der Waals surface area contributed by atoms with Crippen LogP contribution in [0, 0.1) is 0 Å². The quantitative estimate of drug-likeness (QED) is 0.815. The van der Waals surface area contributed by atoms with E-state index in [2.05, 4.69) is 10.2 Å². The molecule has 0 saturated heterocycles. The number of nitrogens with two attached hydrogens (primary N) is 1. The fraction of sp³-hybridized carbons (Fsp3) is 0.308. The van der Waals surface area contributed by atoms with Crippen LogP contribution in [0.2, 0.25) is 0 Å². The first-order valence-electron chi connectivity index (χ1n) is 6.15. The zero-order chi connectivity index (χ0) is 14.5. The third-order valence-electron chi connectivity index (χ3n) is 2.60. The molecule has 106 valence electrons. The average molecular weight is 292 g/mol. The van der Waals surface area contributed by atoms with Crippen molar-refractivity contribution in [2.45, 2.75) is 12.1 Å². The summed E-state index contributed by atoms with van der Waals surface area (Å²) in [5.41, 5.74) is 6.06. The third kappa shape index (κ3) is 3.30. The molecule has 2 rings (SSSR count). The number of carbonyl (C=O) groups is 1. The number of thioether (sulfide) groups is 1. The van der Waals surface area contributed by atoms with Gasteiger partial charge in [-0.25, -0.2) is 0 Å². The van der Waals surface area contributed by atoms with E-state index in [1.165, 1.54) is 11.8 Å². The third-order valence-corrected chi connectivity index (χ3v) is 3.64. The van der Waals surface area contributed by atoms with Crippen LogP contribution < -0.4 is 10.5 Å². The number of primary amides is 1. The molecule has 1 aromatic carbocycles. The summed E-state index contributed by atoms with van der Waals surface area (Å²) in [6, 6.07) is 7.64. The zero-order valence-electron chi connectivity index (χ0n) is 11.4. The van der Waals surface area contributed by atoms with Gasteiger partial charge in [0.2, 0.25) is 5.91 Å². The molecule has 0 aliphatic heterocycles. The molecule has 2 aromatic rings. The lowest BCUT2D eigenvalue weighted by Gasteiger charge is -2.05. The second kappa shape index (κ2) is 6.42. The predicted molar refractivity (Wildman–Crippen MR) is 77.5 cm³/mol. The van der Waals surface area contributed by atoms with Gasteiger partial charge in [0.05, 0.1) is 12.4 Å². The molecule has 2 N–H and O–H groups in total. The van der Waals surface area contributed by atoms with Gasteiger partial charge in [-0.15, -0.1) is 10.2 Å². The van der Waals surface area contributed by atoms with Crippen molar-refractivity contribution in [1.82, 2.24) is 14.8 Å². The van der Waals surface area contributed by atoms with E-state index in [0.29, 0.717) is 11.8 Å². The highest BCUT2D eigenvalue weighted by Gasteiger charge is 2.12. The molecule has 0 spiro atoms. The van der Waals surface area contributed by atoms with Crippen LogP contribution in [0.15, 0.2) is 29.4 Å². The smallest absolute Gasteiger partial charge is 0.227 e. The van der Waals surface area contributed by atoms with Gasteiger partial charge in [-0.3, -0.25) is 4.79 Å². The monoisotopic (exact) mass is 292 g/mol. The number of benzene rings is 1. The van der Waals surface area contributed by atoms with Gasteiger partial charge >= 0.3 is 0 Å². The Kier molecular flexibility index (Phi) is 4.62. The van der Waals surface area contributed by atoms with Crippen LogP contribution in [0.3, 0.4) is 0 Å². The lowest BCUT2D eigenvalue weighted by Crippen LogP contribution is -2.13. The Balaban J connectivity index is 2.18. The van der Waals surface area contributed by atoms with Gasteiger partial charge in [0.1, 0.15) is 5.75 Å². The Morgan fingerprint density at radius 1 is 1.35 bits per heavy atom. The maximum atomic E-state index is 10.8. The fourth-order valence-electron chi connectivity index (χ4n) is 1.69. The van der Waals surface area contributed by atoms with Crippen molar-refractivity contribution < 1.29 is 9.53 Å². The molecule has 0 aliphatic rings. The van der Waals surface area contributed by atoms with Crippen LogP contribution in [0.25, 0.3) is 11.4 Å². The molecular weight excluding hydrogens is 276 g/mol. The van der Waals surface area contributed by atoms with Gasteiger partial charge in [0.25, 0.3) is 0 Å². The van der Waals surface area contributed by atoms with E-state index in [-0.39, 0.29) is 11.7 Å². The van der Waals surface area contributed by atoms with Crippen molar-refractivity contribution in [2.24, 2.45) is 12.8 Å². The number of aromatic nitrogens is 3. The maximum Gasteiger partial charge on any atom is 0.227 e. The van der Waals surface area contributed by atoms with Crippen molar-refractivity contribution in [3.8, 4) is 17.1 Å². The van der Waals surface area contributed by atoms with Crippen molar-refractivity contribution in [3.63, 3.8) is 0 Å². The highest BCUT2D eigenvalue weighted by Crippen LogP contribution is 2.24. The number of ether oxygens (including phenoxy) is 1. The molecule has 0 radical (unpaired) electrons. The molecule has 1 aromatic heterocycles. The van der Waals surface area contributed by atoms with Crippen LogP contribution in [0.5, 0.6) is 5.75 Å². The molecule has 7 heteroatoms. The molecule has 0 aliphatic carbocycles. The number of amides is 1. The van der Waals surface area contributed by atoms with Gasteiger partial charge in [-0.1, -0.05) is 11.8 Å². The normalized spacial score (nSPS) is 10.5. The minimum atomic E-state index is -0.374. The Labute approximate surface area is 121 Å². The van der Waals surface area contributed by atoms with E-state index < -0.39 is 0 Å². The molecule has 0 saturated carbocycles. The van der Waals surface area contributed by atoms with Crippen LogP contribution in [-0.4, -0.2) is 33.0 Å². The minimum Gasteiger partial charge on any atom is -0.494 e. The topological polar surface area (TPSA) is 83.0 Å². The van der Waals surface area contributed by atoms with Gasteiger partial charge in [-0.05, 0) is 31.2 Å². The second-order valence-corrected chi connectivity index (χ2v) is 5.02. The molecule has 0 atom stereocenters. The number of carbonyl (C=O) groups excluding carboxylic acids is 1. The van der Waals surface area contributed by atoms with Crippen molar-refractivity contribution >= 4 is 17.7 Å². The average Bonchev–Trinajstić information content (AvgIpc) is 2.79. The summed E-state index contributed by atoms with van der Waals surface area (Å²) in [6.45, 7) is 2.58. The largest absolute Gasteiger partial charge is 0.494 e. The number of rotatable bonds is 6. The molecule has 1 amide bonds. The first kappa shape index (κ1) is 14.4. The van der Waals surface area contributed by atoms with E-state index in [1.54, 1.807) is 0 Å². The van der Waals surface area contributed by atoms with E-state index in [9.17, 15) is 4.79 Å². The molecule has 0 bridgehead atoms. The Morgan fingerprint density at radius 2 is 2.05 bits per heavy atom. The summed E-state index contributed by atoms with van der Waals surface area (Å²) in [5, 5.41) is 8.86. The summed E-state index contributed by atoms with van der Waals surface area (Å²) >= 11 is 1.27. The van der Waals surface area contributed by atoms with Gasteiger partial charge < -0.3 is 15.0 Å². The number of hydrogen-bond donors (Lipinski definition) is 1. The standard InChI is InChI=1S/C13H16N4O2S/c1-3-19-10-6-4-9(5-7-10)12-15-16-13(17(12)2)20-8-11(14)18/h4-7H,3,8H2,1-2H3,(H2,14,18). The van der Waals surface area contributed by atoms with Gasteiger partial charge in [0, 0.05) is 12.6 Å². The van der Waals surface area contributed by atoms with E-state index in [0.717, 1.165) is 17.1 Å². The maximum absolute atomic E-state index is 10.8. The highest BCUT2D eigenvalue weighted by atomic mass is 32.2. The Morgan fingerprint density at radius 3 is 2.65 bits per heavy atom. The van der Waals surface area contributed by atoms with E-state index >= 15 is 0 Å². The molecule has 0 fully saturated rings. The molecule has 1 heterocycles. The fourth-order valence-corrected chi connectivity index (χ4v) is 2.34. The van der Waals surface area contributed by atoms with Gasteiger partial charge in [0.15, 0.2) is 11.0 Å². The minimum absolute atomic E-state index is 0.190. The molecule has 20 heavy (non-hydrogen) atoms. The molecule has 0 unspecified atom stereocenters. The van der Waals surface area contributed by atoms with Crippen molar-refractivity contribution in [2.75, 3.05) is 12.4 Å². The summed E-state index contributed by atoms with van der Waals surface area (Å²) in [4.78, 5) is 10.8. The molecular formula is C13H16N4O2S. The van der Waals surface area contributed by atoms with Crippen molar-refractivity contribution in [3.05, 3.63) is 24.3 Å².